The summed E-state index contributed by atoms with van der Waals surface area (Å²) in [5, 5.41) is 0.467. The third-order valence-electron chi connectivity index (χ3n) is 3.24. The molecule has 0 unspecified atom stereocenters. The van der Waals surface area contributed by atoms with E-state index in [1.165, 1.54) is 18.4 Å². The molecule has 0 aromatic carbocycles. The van der Waals surface area contributed by atoms with Gasteiger partial charge in [0.2, 0.25) is 4.96 Å². The normalized spacial score (nSPS) is 12.4. The van der Waals surface area contributed by atoms with Gasteiger partial charge in [0.25, 0.3) is 11.1 Å². The zero-order chi connectivity index (χ0) is 15.3. The lowest BCUT2D eigenvalue weighted by Crippen LogP contribution is -2.31. The number of hydrogen-bond acceptors (Lipinski definition) is 7. The smallest absolute Gasteiger partial charge is 0.332 e. The lowest BCUT2D eigenvalue weighted by atomic mass is 10.2. The number of aromatic nitrogens is 2. The molecular weight excluding hydrogens is 312 g/mol. The summed E-state index contributed by atoms with van der Waals surface area (Å²) in [6.07, 6.45) is 1.08. The number of aryl methyl sites for hydroxylation is 2. The Hall–Kier alpha value is -2.06. The molecule has 0 N–H and O–H groups in total. The molecule has 21 heavy (non-hydrogen) atoms. The van der Waals surface area contributed by atoms with E-state index in [1.807, 2.05) is 13.8 Å². The molecule has 8 heteroatoms. The van der Waals surface area contributed by atoms with Crippen molar-refractivity contribution in [3.05, 3.63) is 35.7 Å². The minimum atomic E-state index is -0.638. The van der Waals surface area contributed by atoms with Crippen molar-refractivity contribution in [1.82, 2.24) is 9.38 Å². The molecule has 6 nitrogen and oxygen atoms in total. The first-order valence-corrected chi connectivity index (χ1v) is 7.62. The summed E-state index contributed by atoms with van der Waals surface area (Å²) in [5.74, 6) is -0.638. The van der Waals surface area contributed by atoms with Crippen molar-refractivity contribution in [1.29, 1.82) is 0 Å². The van der Waals surface area contributed by atoms with Gasteiger partial charge in [-0.15, -0.1) is 11.3 Å². The molecule has 3 aromatic heterocycles. The third-order valence-corrected chi connectivity index (χ3v) is 5.31. The Labute approximate surface area is 125 Å². The number of thiophene rings is 1. The number of thiazole rings is 1. The van der Waals surface area contributed by atoms with Crippen LogP contribution in [0.5, 0.6) is 0 Å². The number of hydrogen-bond donors (Lipinski definition) is 0. The van der Waals surface area contributed by atoms with Crippen molar-refractivity contribution in [2.45, 2.75) is 13.8 Å². The molecule has 3 rings (SSSR count). The molecule has 0 aliphatic heterocycles. The van der Waals surface area contributed by atoms with E-state index < -0.39 is 11.5 Å². The molecule has 0 aliphatic carbocycles. The summed E-state index contributed by atoms with van der Waals surface area (Å²) in [6.45, 7) is 3.75. The van der Waals surface area contributed by atoms with Gasteiger partial charge in [-0.05, 0) is 19.4 Å². The van der Waals surface area contributed by atoms with E-state index >= 15 is 0 Å². The Kier molecular flexibility index (Phi) is 3.14. The fourth-order valence-electron chi connectivity index (χ4n) is 2.03. The van der Waals surface area contributed by atoms with Crippen molar-refractivity contribution in [2.75, 3.05) is 7.11 Å². The molecule has 3 heterocycles. The monoisotopic (exact) mass is 322 g/mol. The van der Waals surface area contributed by atoms with Gasteiger partial charge >= 0.3 is 5.97 Å². The molecule has 0 fully saturated rings. The zero-order valence-corrected chi connectivity index (χ0v) is 13.1. The van der Waals surface area contributed by atoms with E-state index in [-0.39, 0.29) is 15.1 Å². The Morgan fingerprint density at radius 3 is 2.62 bits per heavy atom. The molecule has 0 spiro atoms. The second kappa shape index (κ2) is 4.74. The maximum absolute atomic E-state index is 12.5. The standard InChI is InChI=1S/C13H10N2O4S2/c1-5-6(2)20-10-9(5)12(18)15-11(17)7(4-8(16)19-3)21-13(15)14-10/h4H,1-3H3. The van der Waals surface area contributed by atoms with Crippen molar-refractivity contribution < 1.29 is 9.53 Å². The predicted molar refractivity (Wildman–Crippen MR) is 82.2 cm³/mol. The highest BCUT2D eigenvalue weighted by atomic mass is 32.1. The number of ether oxygens (including phenoxy) is 1. The first-order chi connectivity index (χ1) is 9.93. The first-order valence-electron chi connectivity index (χ1n) is 5.99. The number of fused-ring (bicyclic) bond motifs is 2. The summed E-state index contributed by atoms with van der Waals surface area (Å²) in [4.78, 5) is 42.3. The van der Waals surface area contributed by atoms with Crippen LogP contribution in [-0.4, -0.2) is 22.5 Å². The predicted octanol–water partition coefficient (Wildman–Crippen LogP) is 0.620. The van der Waals surface area contributed by atoms with Crippen LogP contribution in [-0.2, 0) is 9.53 Å². The molecule has 0 radical (unpaired) electrons. The number of nitrogens with zero attached hydrogens (tertiary/aromatic N) is 2. The van der Waals surface area contributed by atoms with Crippen LogP contribution in [0.3, 0.4) is 0 Å². The van der Waals surface area contributed by atoms with Gasteiger partial charge < -0.3 is 4.74 Å². The topological polar surface area (TPSA) is 77.7 Å². The van der Waals surface area contributed by atoms with E-state index in [9.17, 15) is 14.4 Å². The van der Waals surface area contributed by atoms with Crippen LogP contribution in [0.25, 0.3) is 21.3 Å². The minimum Gasteiger partial charge on any atom is -0.466 e. The number of methoxy groups -OCH3 is 1. The Morgan fingerprint density at radius 1 is 1.24 bits per heavy atom. The van der Waals surface area contributed by atoms with Crippen molar-refractivity contribution >= 4 is 49.9 Å². The van der Waals surface area contributed by atoms with Crippen LogP contribution in [0.1, 0.15) is 10.4 Å². The van der Waals surface area contributed by atoms with Gasteiger partial charge in [0.1, 0.15) is 9.36 Å². The van der Waals surface area contributed by atoms with Crippen molar-refractivity contribution in [3.8, 4) is 0 Å². The second-order valence-corrected chi connectivity index (χ2v) is 6.65. The average Bonchev–Trinajstić information content (AvgIpc) is 2.89. The summed E-state index contributed by atoms with van der Waals surface area (Å²) in [5.41, 5.74) is -0.0864. The molecule has 3 aromatic rings. The molecule has 108 valence electrons. The van der Waals surface area contributed by atoms with E-state index in [0.29, 0.717) is 10.2 Å². The van der Waals surface area contributed by atoms with Gasteiger partial charge in [-0.25, -0.2) is 14.2 Å². The van der Waals surface area contributed by atoms with Gasteiger partial charge in [-0.2, -0.15) is 0 Å². The molecule has 0 bridgehead atoms. The Morgan fingerprint density at radius 2 is 1.95 bits per heavy atom. The summed E-state index contributed by atoms with van der Waals surface area (Å²) < 4.78 is 5.65. The molecule has 0 aliphatic rings. The average molecular weight is 322 g/mol. The van der Waals surface area contributed by atoms with Gasteiger partial charge in [0.15, 0.2) is 0 Å². The summed E-state index contributed by atoms with van der Waals surface area (Å²) >= 11 is 2.42. The number of rotatable bonds is 1. The quantitative estimate of drug-likeness (QED) is 0.614. The van der Waals surface area contributed by atoms with E-state index in [1.54, 1.807) is 0 Å². The zero-order valence-electron chi connectivity index (χ0n) is 11.4. The van der Waals surface area contributed by atoms with Crippen molar-refractivity contribution in [2.24, 2.45) is 0 Å². The van der Waals surface area contributed by atoms with Crippen LogP contribution in [0.15, 0.2) is 9.59 Å². The highest BCUT2D eigenvalue weighted by Crippen LogP contribution is 2.26. The maximum Gasteiger partial charge on any atom is 0.332 e. The molecule has 0 saturated carbocycles. The maximum atomic E-state index is 12.5. The van der Waals surface area contributed by atoms with Gasteiger partial charge in [0, 0.05) is 11.0 Å². The largest absolute Gasteiger partial charge is 0.466 e. The SMILES string of the molecule is COC(=O)C=c1sc2nc3sc(C)c(C)c3c(=O)n2c1=O. The highest BCUT2D eigenvalue weighted by Gasteiger charge is 2.16. The summed E-state index contributed by atoms with van der Waals surface area (Å²) in [6, 6.07) is 0. The van der Waals surface area contributed by atoms with Gasteiger partial charge in [-0.3, -0.25) is 9.59 Å². The van der Waals surface area contributed by atoms with Gasteiger partial charge in [0.05, 0.1) is 12.5 Å². The van der Waals surface area contributed by atoms with Gasteiger partial charge in [-0.1, -0.05) is 11.3 Å². The molecular formula is C13H10N2O4S2. The van der Waals surface area contributed by atoms with E-state index in [2.05, 4.69) is 9.72 Å². The first kappa shape index (κ1) is 13.9. The van der Waals surface area contributed by atoms with Crippen LogP contribution in [0.4, 0.5) is 0 Å². The fourth-order valence-corrected chi connectivity index (χ4v) is 4.03. The summed E-state index contributed by atoms with van der Waals surface area (Å²) in [7, 11) is 1.23. The van der Waals surface area contributed by atoms with E-state index in [4.69, 9.17) is 0 Å². The number of carbonyl (C=O) groups is 1. The van der Waals surface area contributed by atoms with E-state index in [0.717, 1.165) is 32.3 Å². The Balaban J connectivity index is 2.51. The molecule has 0 atom stereocenters. The third kappa shape index (κ3) is 1.98. The number of carbonyl (C=O) groups excluding carboxylic acids is 1. The highest BCUT2D eigenvalue weighted by molar-refractivity contribution is 7.19. The molecule has 0 saturated heterocycles. The number of esters is 1. The molecule has 0 amide bonds. The lowest BCUT2D eigenvalue weighted by molar-refractivity contribution is -0.133. The van der Waals surface area contributed by atoms with Crippen molar-refractivity contribution in [3.63, 3.8) is 0 Å². The van der Waals surface area contributed by atoms with Crippen LogP contribution >= 0.6 is 22.7 Å². The fraction of sp³-hybridized carbons (Fsp3) is 0.231. The van der Waals surface area contributed by atoms with Crippen LogP contribution in [0.2, 0.25) is 0 Å². The van der Waals surface area contributed by atoms with Crippen LogP contribution < -0.4 is 15.7 Å². The second-order valence-electron chi connectivity index (χ2n) is 4.44. The van der Waals surface area contributed by atoms with Crippen LogP contribution in [0, 0.1) is 13.8 Å². The Bertz CT molecular complexity index is 1060. The minimum absolute atomic E-state index is 0.137. The lowest BCUT2D eigenvalue weighted by Gasteiger charge is -1.92.